The maximum Gasteiger partial charge on any atom is 0.223 e. The van der Waals surface area contributed by atoms with Crippen LogP contribution in [0, 0.1) is 5.92 Å². The Morgan fingerprint density at radius 3 is 2.59 bits per heavy atom. The summed E-state index contributed by atoms with van der Waals surface area (Å²) >= 11 is 0. The summed E-state index contributed by atoms with van der Waals surface area (Å²) < 4.78 is 6.07. The van der Waals surface area contributed by atoms with Crippen LogP contribution in [-0.4, -0.2) is 36.4 Å². The van der Waals surface area contributed by atoms with Crippen LogP contribution in [0.15, 0.2) is 46.9 Å². The monoisotopic (exact) mass is 391 g/mol. The topological polar surface area (TPSA) is 49.6 Å². The SMILES string of the molecule is CC(C)CC(=O)N1CCC[C@H]1c1nc2cc(-c3ccc(N(C)C)cc3)ccc2o1. The Balaban J connectivity index is 1.60. The van der Waals surface area contributed by atoms with Gasteiger partial charge < -0.3 is 14.2 Å². The number of oxazole rings is 1. The molecule has 0 unspecified atom stereocenters. The zero-order valence-corrected chi connectivity index (χ0v) is 17.7. The number of hydrogen-bond donors (Lipinski definition) is 0. The number of aromatic nitrogens is 1. The van der Waals surface area contributed by atoms with Gasteiger partial charge in [0.2, 0.25) is 11.8 Å². The Labute approximate surface area is 172 Å². The molecule has 1 saturated heterocycles. The number of likely N-dealkylation sites (tertiary alicyclic amines) is 1. The number of amides is 1. The predicted octanol–water partition coefficient (Wildman–Crippen LogP) is 5.27. The highest BCUT2D eigenvalue weighted by Gasteiger charge is 2.33. The van der Waals surface area contributed by atoms with Crippen LogP contribution >= 0.6 is 0 Å². The Morgan fingerprint density at radius 1 is 1.17 bits per heavy atom. The van der Waals surface area contributed by atoms with Gasteiger partial charge in [-0.1, -0.05) is 32.0 Å². The molecule has 5 nitrogen and oxygen atoms in total. The quantitative estimate of drug-likeness (QED) is 0.594. The molecule has 1 amide bonds. The van der Waals surface area contributed by atoms with Crippen molar-refractivity contribution >= 4 is 22.7 Å². The number of carbonyl (C=O) groups excluding carboxylic acids is 1. The van der Waals surface area contributed by atoms with Gasteiger partial charge in [-0.2, -0.15) is 0 Å². The van der Waals surface area contributed by atoms with E-state index in [-0.39, 0.29) is 11.9 Å². The Morgan fingerprint density at radius 2 is 1.90 bits per heavy atom. The van der Waals surface area contributed by atoms with E-state index in [0.29, 0.717) is 18.2 Å². The van der Waals surface area contributed by atoms with Gasteiger partial charge in [-0.3, -0.25) is 4.79 Å². The van der Waals surface area contributed by atoms with Gasteiger partial charge in [-0.05, 0) is 54.2 Å². The number of hydrogen-bond acceptors (Lipinski definition) is 4. The lowest BCUT2D eigenvalue weighted by Gasteiger charge is -2.23. The summed E-state index contributed by atoms with van der Waals surface area (Å²) in [6.07, 6.45) is 2.48. The van der Waals surface area contributed by atoms with Gasteiger partial charge in [0.1, 0.15) is 11.6 Å². The average molecular weight is 392 g/mol. The largest absolute Gasteiger partial charge is 0.438 e. The van der Waals surface area contributed by atoms with E-state index < -0.39 is 0 Å². The van der Waals surface area contributed by atoms with Crippen LogP contribution in [0.25, 0.3) is 22.2 Å². The van der Waals surface area contributed by atoms with Crippen LogP contribution in [0.3, 0.4) is 0 Å². The summed E-state index contributed by atoms with van der Waals surface area (Å²) in [4.78, 5) is 21.4. The van der Waals surface area contributed by atoms with Gasteiger partial charge in [0.05, 0.1) is 0 Å². The molecular weight excluding hydrogens is 362 g/mol. The number of carbonyl (C=O) groups is 1. The molecule has 0 N–H and O–H groups in total. The fourth-order valence-corrected chi connectivity index (χ4v) is 4.01. The van der Waals surface area contributed by atoms with Crippen molar-refractivity contribution in [2.45, 2.75) is 39.2 Å². The highest BCUT2D eigenvalue weighted by molar-refractivity contribution is 5.81. The smallest absolute Gasteiger partial charge is 0.223 e. The third-order valence-corrected chi connectivity index (χ3v) is 5.56. The maximum absolute atomic E-state index is 12.6. The molecule has 4 rings (SSSR count). The molecule has 2 aromatic carbocycles. The van der Waals surface area contributed by atoms with Gasteiger partial charge in [0.15, 0.2) is 5.58 Å². The van der Waals surface area contributed by atoms with Crippen molar-refractivity contribution in [2.75, 3.05) is 25.5 Å². The number of benzene rings is 2. The van der Waals surface area contributed by atoms with Crippen LogP contribution in [0.5, 0.6) is 0 Å². The van der Waals surface area contributed by atoms with Crippen molar-refractivity contribution in [1.82, 2.24) is 9.88 Å². The molecule has 0 radical (unpaired) electrons. The molecule has 3 aromatic rings. The number of rotatable bonds is 5. The van der Waals surface area contributed by atoms with Crippen molar-refractivity contribution in [2.24, 2.45) is 5.92 Å². The Kier molecular flexibility index (Phi) is 5.31. The summed E-state index contributed by atoms with van der Waals surface area (Å²) in [5, 5.41) is 0. The highest BCUT2D eigenvalue weighted by atomic mass is 16.3. The first-order chi connectivity index (χ1) is 13.9. The van der Waals surface area contributed by atoms with Crippen LogP contribution in [0.2, 0.25) is 0 Å². The van der Waals surface area contributed by atoms with Crippen molar-refractivity contribution < 1.29 is 9.21 Å². The molecule has 5 heteroatoms. The van der Waals surface area contributed by atoms with Crippen LogP contribution < -0.4 is 4.90 Å². The van der Waals surface area contributed by atoms with Gasteiger partial charge in [0, 0.05) is 32.7 Å². The van der Waals surface area contributed by atoms with Crippen molar-refractivity contribution in [1.29, 1.82) is 0 Å². The molecule has 2 heterocycles. The number of nitrogens with zero attached hydrogens (tertiary/aromatic N) is 3. The van der Waals surface area contributed by atoms with Gasteiger partial charge >= 0.3 is 0 Å². The predicted molar refractivity (Wildman–Crippen MR) is 117 cm³/mol. The summed E-state index contributed by atoms with van der Waals surface area (Å²) in [6, 6.07) is 14.6. The second-order valence-electron chi connectivity index (χ2n) is 8.52. The highest BCUT2D eigenvalue weighted by Crippen LogP contribution is 2.35. The number of fused-ring (bicyclic) bond motifs is 1. The van der Waals surface area contributed by atoms with E-state index in [4.69, 9.17) is 9.40 Å². The molecule has 0 spiro atoms. The van der Waals surface area contributed by atoms with E-state index in [9.17, 15) is 4.79 Å². The molecule has 29 heavy (non-hydrogen) atoms. The second-order valence-corrected chi connectivity index (χ2v) is 8.52. The molecule has 0 aliphatic carbocycles. The van der Waals surface area contributed by atoms with E-state index in [1.807, 2.05) is 25.1 Å². The summed E-state index contributed by atoms with van der Waals surface area (Å²) in [5.41, 5.74) is 5.05. The first kappa shape index (κ1) is 19.5. The third kappa shape index (κ3) is 4.00. The molecule has 1 aromatic heterocycles. The van der Waals surface area contributed by atoms with Crippen molar-refractivity contribution in [3.63, 3.8) is 0 Å². The summed E-state index contributed by atoms with van der Waals surface area (Å²) in [7, 11) is 4.08. The third-order valence-electron chi connectivity index (χ3n) is 5.56. The summed E-state index contributed by atoms with van der Waals surface area (Å²) in [6.45, 7) is 4.95. The van der Waals surface area contributed by atoms with Crippen LogP contribution in [-0.2, 0) is 4.79 Å². The van der Waals surface area contributed by atoms with Crippen molar-refractivity contribution in [3.05, 3.63) is 48.4 Å². The molecule has 1 atom stereocenters. The van der Waals surface area contributed by atoms with E-state index in [2.05, 4.69) is 55.1 Å². The minimum Gasteiger partial charge on any atom is -0.438 e. The van der Waals surface area contributed by atoms with Crippen LogP contribution in [0.1, 0.15) is 45.0 Å². The van der Waals surface area contributed by atoms with E-state index in [0.717, 1.165) is 41.6 Å². The maximum atomic E-state index is 12.6. The lowest BCUT2D eigenvalue weighted by molar-refractivity contribution is -0.133. The van der Waals surface area contributed by atoms with Crippen LogP contribution in [0.4, 0.5) is 5.69 Å². The zero-order valence-electron chi connectivity index (χ0n) is 17.7. The van der Waals surface area contributed by atoms with E-state index >= 15 is 0 Å². The fraction of sp³-hybridized carbons (Fsp3) is 0.417. The first-order valence-electron chi connectivity index (χ1n) is 10.4. The summed E-state index contributed by atoms with van der Waals surface area (Å²) in [5.74, 6) is 1.22. The lowest BCUT2D eigenvalue weighted by atomic mass is 10.0. The standard InChI is InChI=1S/C24H29N3O2/c1-16(2)14-23(28)27-13-5-6-21(27)24-25-20-15-18(9-12-22(20)29-24)17-7-10-19(11-8-17)26(3)4/h7-12,15-16,21H,5-6,13-14H2,1-4H3/t21-/m0/s1. The molecule has 1 fully saturated rings. The van der Waals surface area contributed by atoms with E-state index in [1.165, 1.54) is 5.69 Å². The van der Waals surface area contributed by atoms with Gasteiger partial charge in [-0.15, -0.1) is 0 Å². The normalized spacial score (nSPS) is 16.7. The van der Waals surface area contributed by atoms with Gasteiger partial charge in [0.25, 0.3) is 0 Å². The molecule has 0 saturated carbocycles. The Hall–Kier alpha value is -2.82. The number of anilines is 1. The lowest BCUT2D eigenvalue weighted by Crippen LogP contribution is -2.31. The zero-order chi connectivity index (χ0) is 20.5. The first-order valence-corrected chi connectivity index (χ1v) is 10.4. The van der Waals surface area contributed by atoms with E-state index in [1.54, 1.807) is 0 Å². The molecule has 1 aliphatic rings. The fourth-order valence-electron chi connectivity index (χ4n) is 4.01. The van der Waals surface area contributed by atoms with Crippen molar-refractivity contribution in [3.8, 4) is 11.1 Å². The second kappa shape index (κ2) is 7.90. The molecule has 152 valence electrons. The minimum absolute atomic E-state index is 0.0449. The molecule has 1 aliphatic heterocycles. The average Bonchev–Trinajstić information content (AvgIpc) is 3.33. The Bertz CT molecular complexity index is 1000. The molecule has 0 bridgehead atoms. The van der Waals surface area contributed by atoms with Gasteiger partial charge in [-0.25, -0.2) is 4.98 Å². The minimum atomic E-state index is -0.0449. The molecular formula is C24H29N3O2.